The summed E-state index contributed by atoms with van der Waals surface area (Å²) in [6.07, 6.45) is 11.6. The zero-order chi connectivity index (χ0) is 13.2. The molecule has 0 saturated heterocycles. The van der Waals surface area contributed by atoms with Crippen molar-refractivity contribution >= 4 is 11.8 Å². The molecule has 0 spiro atoms. The summed E-state index contributed by atoms with van der Waals surface area (Å²) in [6, 6.07) is 0.610. The molecule has 1 aromatic rings. The Hall–Kier alpha value is -0.480. The number of nitrogens with zero attached hydrogens (tertiary/aromatic N) is 2. The van der Waals surface area contributed by atoms with Gasteiger partial charge in [0.15, 0.2) is 0 Å². The molecule has 2 unspecified atom stereocenters. The predicted octanol–water partition coefficient (Wildman–Crippen LogP) is 3.18. The summed E-state index contributed by atoms with van der Waals surface area (Å²) in [6.45, 7) is 4.44. The molecule has 0 aliphatic heterocycles. The Kier molecular flexibility index (Phi) is 4.38. The highest BCUT2D eigenvalue weighted by Crippen LogP contribution is 2.37. The Bertz CT molecular complexity index is 386. The van der Waals surface area contributed by atoms with Gasteiger partial charge in [-0.2, -0.15) is 11.8 Å². The van der Waals surface area contributed by atoms with Crippen molar-refractivity contribution in [2.24, 2.45) is 0 Å². The van der Waals surface area contributed by atoms with E-state index in [1.165, 1.54) is 31.4 Å². The lowest BCUT2D eigenvalue weighted by molar-refractivity contribution is 0.326. The first-order valence-electron chi connectivity index (χ1n) is 6.84. The number of hydrogen-bond donors (Lipinski definition) is 1. The minimum Gasteiger partial charge on any atom is -0.329 e. The third-order valence-corrected chi connectivity index (χ3v) is 5.41. The van der Waals surface area contributed by atoms with Gasteiger partial charge in [-0.05, 0) is 40.0 Å². The lowest BCUT2D eigenvalue weighted by atomic mass is 9.93. The molecule has 102 valence electrons. The third-order valence-electron chi connectivity index (χ3n) is 4.26. The highest BCUT2D eigenvalue weighted by molar-refractivity contribution is 7.99. The zero-order valence-corrected chi connectivity index (χ0v) is 12.8. The van der Waals surface area contributed by atoms with Crippen LogP contribution in [0, 0.1) is 0 Å². The van der Waals surface area contributed by atoms with Gasteiger partial charge in [0.2, 0.25) is 0 Å². The number of rotatable bonds is 4. The van der Waals surface area contributed by atoms with E-state index in [2.05, 4.69) is 35.0 Å². The monoisotopic (exact) mass is 267 g/mol. The third kappa shape index (κ3) is 2.59. The van der Waals surface area contributed by atoms with Crippen molar-refractivity contribution in [1.82, 2.24) is 14.9 Å². The molecule has 1 saturated carbocycles. The van der Waals surface area contributed by atoms with E-state index in [4.69, 9.17) is 0 Å². The molecule has 0 bridgehead atoms. The van der Waals surface area contributed by atoms with Gasteiger partial charge in [-0.1, -0.05) is 12.8 Å². The molecule has 0 aromatic carbocycles. The fraction of sp³-hybridized carbons (Fsp3) is 0.786. The van der Waals surface area contributed by atoms with Crippen molar-refractivity contribution in [2.75, 3.05) is 13.3 Å². The van der Waals surface area contributed by atoms with Crippen LogP contribution in [0.4, 0.5) is 0 Å². The van der Waals surface area contributed by atoms with Crippen molar-refractivity contribution in [3.8, 4) is 0 Å². The number of thioether (sulfide) groups is 1. The molecule has 0 amide bonds. The Morgan fingerprint density at radius 2 is 2.11 bits per heavy atom. The summed E-state index contributed by atoms with van der Waals surface area (Å²) >= 11 is 2.01. The van der Waals surface area contributed by atoms with E-state index in [1.54, 1.807) is 0 Å². The zero-order valence-electron chi connectivity index (χ0n) is 11.9. The second kappa shape index (κ2) is 5.66. The molecule has 1 heterocycles. The van der Waals surface area contributed by atoms with Crippen LogP contribution < -0.4 is 5.32 Å². The quantitative estimate of drug-likeness (QED) is 0.908. The molecule has 1 aliphatic rings. The SMILES string of the molecule is CNC(C)(C)c1cncn1C1CCCCC1SC. The van der Waals surface area contributed by atoms with E-state index < -0.39 is 0 Å². The van der Waals surface area contributed by atoms with Gasteiger partial charge in [-0.3, -0.25) is 0 Å². The Labute approximate surface area is 115 Å². The molecular weight excluding hydrogens is 242 g/mol. The van der Waals surface area contributed by atoms with Gasteiger partial charge in [0.1, 0.15) is 0 Å². The number of nitrogens with one attached hydrogen (secondary N) is 1. The van der Waals surface area contributed by atoms with Gasteiger partial charge in [-0.15, -0.1) is 0 Å². The first-order chi connectivity index (χ1) is 8.60. The fourth-order valence-electron chi connectivity index (χ4n) is 2.85. The van der Waals surface area contributed by atoms with Crippen LogP contribution in [0.25, 0.3) is 0 Å². The molecule has 0 radical (unpaired) electrons. The number of aromatic nitrogens is 2. The molecular formula is C14H25N3S. The average Bonchev–Trinajstić information content (AvgIpc) is 2.88. The minimum atomic E-state index is -0.0170. The molecule has 1 aromatic heterocycles. The van der Waals surface area contributed by atoms with Crippen molar-refractivity contribution < 1.29 is 0 Å². The maximum Gasteiger partial charge on any atom is 0.0951 e. The van der Waals surface area contributed by atoms with Crippen LogP contribution >= 0.6 is 11.8 Å². The van der Waals surface area contributed by atoms with Crippen LogP contribution in [0.5, 0.6) is 0 Å². The maximum atomic E-state index is 4.39. The maximum absolute atomic E-state index is 4.39. The lowest BCUT2D eigenvalue weighted by Crippen LogP contribution is -2.37. The van der Waals surface area contributed by atoms with Gasteiger partial charge in [0.05, 0.1) is 23.8 Å². The van der Waals surface area contributed by atoms with E-state index in [-0.39, 0.29) is 5.54 Å². The minimum absolute atomic E-state index is 0.0170. The van der Waals surface area contributed by atoms with E-state index in [1.807, 2.05) is 31.3 Å². The summed E-state index contributed by atoms with van der Waals surface area (Å²) in [5, 5.41) is 4.12. The molecule has 2 atom stereocenters. The van der Waals surface area contributed by atoms with Crippen LogP contribution in [0.2, 0.25) is 0 Å². The van der Waals surface area contributed by atoms with Gasteiger partial charge >= 0.3 is 0 Å². The van der Waals surface area contributed by atoms with Gasteiger partial charge < -0.3 is 9.88 Å². The topological polar surface area (TPSA) is 29.9 Å². The Balaban J connectivity index is 2.30. The molecule has 3 nitrogen and oxygen atoms in total. The lowest BCUT2D eigenvalue weighted by Gasteiger charge is -2.35. The predicted molar refractivity (Wildman–Crippen MR) is 79.1 cm³/mol. The van der Waals surface area contributed by atoms with E-state index in [0.717, 1.165) is 5.25 Å². The van der Waals surface area contributed by atoms with Crippen molar-refractivity contribution in [3.63, 3.8) is 0 Å². The van der Waals surface area contributed by atoms with Crippen LogP contribution in [-0.2, 0) is 5.54 Å². The van der Waals surface area contributed by atoms with Gasteiger partial charge in [0.25, 0.3) is 0 Å². The molecule has 1 fully saturated rings. The standard InChI is InChI=1S/C14H25N3S/c1-14(2,15-3)13-9-16-10-17(13)11-7-5-6-8-12(11)18-4/h9-12,15H,5-8H2,1-4H3. The summed E-state index contributed by atoms with van der Waals surface area (Å²) in [7, 11) is 2.02. The molecule has 18 heavy (non-hydrogen) atoms. The smallest absolute Gasteiger partial charge is 0.0951 e. The summed E-state index contributed by atoms with van der Waals surface area (Å²) in [5.41, 5.74) is 1.28. The number of imidazole rings is 1. The molecule has 1 aliphatic carbocycles. The Morgan fingerprint density at radius 1 is 1.39 bits per heavy atom. The van der Waals surface area contributed by atoms with Crippen LogP contribution in [0.15, 0.2) is 12.5 Å². The second-order valence-electron chi connectivity index (χ2n) is 5.69. The van der Waals surface area contributed by atoms with Crippen molar-refractivity contribution in [1.29, 1.82) is 0 Å². The summed E-state index contributed by atoms with van der Waals surface area (Å²) in [4.78, 5) is 4.39. The highest BCUT2D eigenvalue weighted by Gasteiger charge is 2.30. The van der Waals surface area contributed by atoms with E-state index >= 15 is 0 Å². The first kappa shape index (κ1) is 13.9. The average molecular weight is 267 g/mol. The Morgan fingerprint density at radius 3 is 2.78 bits per heavy atom. The van der Waals surface area contributed by atoms with E-state index in [0.29, 0.717) is 6.04 Å². The van der Waals surface area contributed by atoms with Gasteiger partial charge in [0, 0.05) is 11.3 Å². The highest BCUT2D eigenvalue weighted by atomic mass is 32.2. The summed E-state index contributed by atoms with van der Waals surface area (Å²) < 4.78 is 2.41. The van der Waals surface area contributed by atoms with Crippen LogP contribution in [0.1, 0.15) is 51.3 Å². The van der Waals surface area contributed by atoms with E-state index in [9.17, 15) is 0 Å². The fourth-order valence-corrected chi connectivity index (χ4v) is 3.84. The number of hydrogen-bond acceptors (Lipinski definition) is 3. The normalized spacial score (nSPS) is 25.3. The molecule has 4 heteroatoms. The first-order valence-corrected chi connectivity index (χ1v) is 8.13. The molecule has 2 rings (SSSR count). The second-order valence-corrected chi connectivity index (χ2v) is 6.76. The van der Waals surface area contributed by atoms with Crippen LogP contribution in [-0.4, -0.2) is 28.1 Å². The molecule has 1 N–H and O–H groups in total. The van der Waals surface area contributed by atoms with Crippen LogP contribution in [0.3, 0.4) is 0 Å². The van der Waals surface area contributed by atoms with Crippen molar-refractivity contribution in [3.05, 3.63) is 18.2 Å². The summed E-state index contributed by atoms with van der Waals surface area (Å²) in [5.74, 6) is 0. The van der Waals surface area contributed by atoms with Crippen molar-refractivity contribution in [2.45, 2.75) is 56.4 Å². The largest absolute Gasteiger partial charge is 0.329 e. The van der Waals surface area contributed by atoms with Gasteiger partial charge in [-0.25, -0.2) is 4.98 Å².